The molecule has 12 heavy (non-hydrogen) atoms. The summed E-state index contributed by atoms with van der Waals surface area (Å²) in [5, 5.41) is 11.2. The Morgan fingerprint density at radius 1 is 1.50 bits per heavy atom. The number of halogens is 1. The molecule has 1 rings (SSSR count). The molecular formula is C8H11IN2O. The average Bonchev–Trinajstić information content (AvgIpc) is 1.95. The zero-order valence-corrected chi connectivity index (χ0v) is 9.19. The van der Waals surface area contributed by atoms with Gasteiger partial charge < -0.3 is 29.2 Å². The predicted octanol–water partition coefficient (Wildman–Crippen LogP) is -2.37. The van der Waals surface area contributed by atoms with E-state index >= 15 is 0 Å². The highest BCUT2D eigenvalue weighted by molar-refractivity contribution is 5.74. The average molecular weight is 278 g/mol. The summed E-state index contributed by atoms with van der Waals surface area (Å²) < 4.78 is 1.90. The maximum absolute atomic E-state index is 8.27. The predicted molar refractivity (Wildman–Crippen MR) is 41.7 cm³/mol. The molecule has 0 atom stereocenters. The molecule has 1 heterocycles. The number of rotatable bonds is 1. The molecule has 1 aromatic rings. The van der Waals surface area contributed by atoms with Crippen LogP contribution in [0.2, 0.25) is 0 Å². The summed E-state index contributed by atoms with van der Waals surface area (Å²) in [7, 11) is 1.91. The molecule has 0 aromatic carbocycles. The molecular weight excluding hydrogens is 267 g/mol. The van der Waals surface area contributed by atoms with Gasteiger partial charge in [-0.25, -0.2) is 0 Å². The zero-order chi connectivity index (χ0) is 8.27. The third kappa shape index (κ3) is 2.77. The van der Waals surface area contributed by atoms with E-state index in [2.05, 4.69) is 5.16 Å². The van der Waals surface area contributed by atoms with Crippen LogP contribution in [0.25, 0.3) is 0 Å². The topological polar surface area (TPSA) is 36.5 Å². The van der Waals surface area contributed by atoms with Gasteiger partial charge in [0.1, 0.15) is 13.3 Å². The first-order valence-corrected chi connectivity index (χ1v) is 3.38. The van der Waals surface area contributed by atoms with E-state index in [1.165, 1.54) is 11.8 Å². The Balaban J connectivity index is 0.00000121. The lowest BCUT2D eigenvalue weighted by atomic mass is 10.3. The molecule has 1 aromatic heterocycles. The van der Waals surface area contributed by atoms with E-state index < -0.39 is 0 Å². The number of pyridine rings is 1. The first-order chi connectivity index (χ1) is 5.24. The minimum absolute atomic E-state index is 0. The fourth-order valence-electron chi connectivity index (χ4n) is 0.951. The van der Waals surface area contributed by atoms with Crippen molar-refractivity contribution in [1.29, 1.82) is 0 Å². The summed E-state index contributed by atoms with van der Waals surface area (Å²) in [4.78, 5) is 0. The summed E-state index contributed by atoms with van der Waals surface area (Å²) in [6.45, 7) is 2.01. The maximum atomic E-state index is 8.27. The van der Waals surface area contributed by atoms with Crippen LogP contribution in [0, 0.1) is 6.92 Å². The Hall–Kier alpha value is -0.650. The van der Waals surface area contributed by atoms with Gasteiger partial charge in [0.25, 0.3) is 0 Å². The highest BCUT2D eigenvalue weighted by atomic mass is 127. The molecule has 3 nitrogen and oxygen atoms in total. The summed E-state index contributed by atoms with van der Waals surface area (Å²) in [5.41, 5.74) is 2.06. The molecule has 0 fully saturated rings. The van der Waals surface area contributed by atoms with E-state index in [4.69, 9.17) is 5.21 Å². The van der Waals surface area contributed by atoms with Gasteiger partial charge in [-0.15, -0.1) is 0 Å². The van der Waals surface area contributed by atoms with Crippen molar-refractivity contribution in [3.8, 4) is 0 Å². The van der Waals surface area contributed by atoms with E-state index in [9.17, 15) is 0 Å². The normalized spacial score (nSPS) is 9.83. The Labute approximate surface area is 88.7 Å². The number of hydrogen-bond donors (Lipinski definition) is 1. The molecule has 0 saturated heterocycles. The molecule has 0 aliphatic rings. The van der Waals surface area contributed by atoms with Crippen LogP contribution < -0.4 is 28.5 Å². The van der Waals surface area contributed by atoms with Gasteiger partial charge in [0.05, 0.1) is 0 Å². The van der Waals surface area contributed by atoms with Crippen LogP contribution in [0.15, 0.2) is 23.5 Å². The summed E-state index contributed by atoms with van der Waals surface area (Å²) >= 11 is 0. The van der Waals surface area contributed by atoms with Crippen LogP contribution in [0.1, 0.15) is 11.3 Å². The monoisotopic (exact) mass is 278 g/mol. The van der Waals surface area contributed by atoms with Crippen molar-refractivity contribution in [2.75, 3.05) is 0 Å². The fraction of sp³-hybridized carbons (Fsp3) is 0.250. The highest BCUT2D eigenvalue weighted by Gasteiger charge is 2.01. The van der Waals surface area contributed by atoms with Crippen LogP contribution in [0.3, 0.4) is 0 Å². The van der Waals surface area contributed by atoms with Gasteiger partial charge >= 0.3 is 0 Å². The van der Waals surface area contributed by atoms with Crippen molar-refractivity contribution in [2.45, 2.75) is 6.92 Å². The minimum Gasteiger partial charge on any atom is -1.00 e. The summed E-state index contributed by atoms with van der Waals surface area (Å²) in [6.07, 6.45) is 3.37. The van der Waals surface area contributed by atoms with Crippen molar-refractivity contribution >= 4 is 6.21 Å². The van der Waals surface area contributed by atoms with Crippen LogP contribution in [-0.4, -0.2) is 11.4 Å². The highest BCUT2D eigenvalue weighted by Crippen LogP contribution is 1.92. The van der Waals surface area contributed by atoms with Crippen molar-refractivity contribution in [3.05, 3.63) is 29.6 Å². The SMILES string of the molecule is Cc1ccc(/C=N/O)[n+](C)c1.[I-]. The molecule has 0 aliphatic heterocycles. The van der Waals surface area contributed by atoms with Crippen LogP contribution in [-0.2, 0) is 7.05 Å². The quantitative estimate of drug-likeness (QED) is 0.201. The maximum Gasteiger partial charge on any atom is 0.226 e. The molecule has 66 valence electrons. The molecule has 0 bridgehead atoms. The van der Waals surface area contributed by atoms with Crippen LogP contribution in [0.5, 0.6) is 0 Å². The molecule has 1 N–H and O–H groups in total. The van der Waals surface area contributed by atoms with E-state index in [1.807, 2.05) is 36.9 Å². The van der Waals surface area contributed by atoms with Gasteiger partial charge in [0.2, 0.25) is 5.69 Å². The molecule has 0 amide bonds. The van der Waals surface area contributed by atoms with E-state index in [0.29, 0.717) is 0 Å². The number of aryl methyl sites for hydroxylation is 2. The van der Waals surface area contributed by atoms with E-state index in [0.717, 1.165) is 5.69 Å². The third-order valence-electron chi connectivity index (χ3n) is 1.51. The second-order valence-electron chi connectivity index (χ2n) is 2.49. The molecule has 0 unspecified atom stereocenters. The largest absolute Gasteiger partial charge is 1.00 e. The third-order valence-corrected chi connectivity index (χ3v) is 1.51. The molecule has 0 radical (unpaired) electrons. The van der Waals surface area contributed by atoms with Gasteiger partial charge in [-0.05, 0) is 13.0 Å². The number of aromatic nitrogens is 1. The smallest absolute Gasteiger partial charge is 0.226 e. The Bertz CT molecular complexity index is 286. The first-order valence-electron chi connectivity index (χ1n) is 3.38. The van der Waals surface area contributed by atoms with E-state index in [1.54, 1.807) is 0 Å². The van der Waals surface area contributed by atoms with Gasteiger partial charge in [-0.1, -0.05) is 5.16 Å². The van der Waals surface area contributed by atoms with Gasteiger partial charge in [0.15, 0.2) is 6.20 Å². The van der Waals surface area contributed by atoms with Crippen molar-refractivity contribution in [2.24, 2.45) is 12.2 Å². The summed E-state index contributed by atoms with van der Waals surface area (Å²) in [5.74, 6) is 0. The molecule has 0 spiro atoms. The lowest BCUT2D eigenvalue weighted by molar-refractivity contribution is -0.672. The standard InChI is InChI=1S/C8H10N2O.HI/c1-7-3-4-8(5-9-11)10(2)6-7;/h3-6H,1-2H3;1H. The molecule has 0 saturated carbocycles. The van der Waals surface area contributed by atoms with Crippen LogP contribution >= 0.6 is 0 Å². The fourth-order valence-corrected chi connectivity index (χ4v) is 0.951. The van der Waals surface area contributed by atoms with Gasteiger partial charge in [0, 0.05) is 11.6 Å². The molecule has 0 aliphatic carbocycles. The Morgan fingerprint density at radius 3 is 2.67 bits per heavy atom. The van der Waals surface area contributed by atoms with E-state index in [-0.39, 0.29) is 24.0 Å². The molecule has 4 heteroatoms. The Kier molecular flexibility index (Phi) is 4.80. The lowest BCUT2D eigenvalue weighted by Gasteiger charge is -1.92. The second-order valence-corrected chi connectivity index (χ2v) is 2.49. The van der Waals surface area contributed by atoms with Crippen molar-refractivity contribution < 1.29 is 33.8 Å². The first kappa shape index (κ1) is 11.4. The van der Waals surface area contributed by atoms with Crippen LogP contribution in [0.4, 0.5) is 0 Å². The number of oxime groups is 1. The van der Waals surface area contributed by atoms with Crippen molar-refractivity contribution in [1.82, 2.24) is 0 Å². The zero-order valence-electron chi connectivity index (χ0n) is 7.03. The number of nitrogens with zero attached hydrogens (tertiary/aromatic N) is 2. The Morgan fingerprint density at radius 2 is 2.17 bits per heavy atom. The minimum atomic E-state index is 0. The van der Waals surface area contributed by atoms with Crippen molar-refractivity contribution in [3.63, 3.8) is 0 Å². The second kappa shape index (κ2) is 5.08. The lowest BCUT2D eigenvalue weighted by Crippen LogP contribution is -3.00. The van der Waals surface area contributed by atoms with Gasteiger partial charge in [-0.3, -0.25) is 0 Å². The number of hydrogen-bond acceptors (Lipinski definition) is 2. The summed E-state index contributed by atoms with van der Waals surface area (Å²) in [6, 6.07) is 3.87. The van der Waals surface area contributed by atoms with Gasteiger partial charge in [-0.2, -0.15) is 4.57 Å².